The Hall–Kier alpha value is -3.20. The van der Waals surface area contributed by atoms with Crippen LogP contribution in [0.3, 0.4) is 0 Å². The van der Waals surface area contributed by atoms with E-state index in [1.807, 2.05) is 13.0 Å². The summed E-state index contributed by atoms with van der Waals surface area (Å²) in [4.78, 5) is 12.6. The molecule has 27 heavy (non-hydrogen) atoms. The second-order valence-electron chi connectivity index (χ2n) is 6.28. The molecule has 3 rings (SSSR count). The van der Waals surface area contributed by atoms with Crippen LogP contribution in [0.1, 0.15) is 37.7 Å². The maximum atomic E-state index is 12.6. The maximum absolute atomic E-state index is 12.6. The van der Waals surface area contributed by atoms with Gasteiger partial charge in [-0.3, -0.25) is 4.79 Å². The number of Topliss-reactive ketones (excluding diaryl/α,β-unsaturated/α-hetero) is 1. The Balaban J connectivity index is 2.10. The molecule has 1 atom stereocenters. The first-order chi connectivity index (χ1) is 13.1. The Labute approximate surface area is 158 Å². The van der Waals surface area contributed by atoms with Gasteiger partial charge in [0.15, 0.2) is 17.3 Å². The van der Waals surface area contributed by atoms with Crippen LogP contribution < -0.4 is 15.2 Å². The van der Waals surface area contributed by atoms with Gasteiger partial charge in [0.1, 0.15) is 24.0 Å². The van der Waals surface area contributed by atoms with Gasteiger partial charge in [-0.2, -0.15) is 5.26 Å². The molecule has 6 heteroatoms. The number of hydrogen-bond acceptors (Lipinski definition) is 6. The minimum Gasteiger partial charge on any atom is -0.490 e. The van der Waals surface area contributed by atoms with Crippen LogP contribution in [0.25, 0.3) is 0 Å². The normalized spacial score (nSPS) is 19.1. The van der Waals surface area contributed by atoms with Crippen LogP contribution in [0, 0.1) is 11.3 Å². The van der Waals surface area contributed by atoms with E-state index >= 15 is 0 Å². The number of rotatable bonds is 6. The average molecular weight is 366 g/mol. The molecule has 1 aliphatic carbocycles. The fraction of sp³-hybridized carbons (Fsp3) is 0.333. The summed E-state index contributed by atoms with van der Waals surface area (Å²) in [6.07, 6.45) is 3.45. The van der Waals surface area contributed by atoms with Crippen LogP contribution in [0.2, 0.25) is 0 Å². The first-order valence-electron chi connectivity index (χ1n) is 8.95. The minimum absolute atomic E-state index is 0.00792. The second kappa shape index (κ2) is 8.00. The summed E-state index contributed by atoms with van der Waals surface area (Å²) in [6.45, 7) is 6.33. The van der Waals surface area contributed by atoms with Gasteiger partial charge in [0.25, 0.3) is 0 Å². The molecular formula is C21H22N2O4. The number of allylic oxidation sites excluding steroid dienone is 3. The Morgan fingerprint density at radius 3 is 2.89 bits per heavy atom. The lowest BCUT2D eigenvalue weighted by Crippen LogP contribution is -2.27. The van der Waals surface area contributed by atoms with Crippen LogP contribution >= 0.6 is 0 Å². The molecule has 0 radical (unpaired) electrons. The van der Waals surface area contributed by atoms with E-state index in [9.17, 15) is 10.1 Å². The van der Waals surface area contributed by atoms with Gasteiger partial charge in [0.2, 0.25) is 5.88 Å². The summed E-state index contributed by atoms with van der Waals surface area (Å²) in [5.41, 5.74) is 7.49. The van der Waals surface area contributed by atoms with Crippen molar-refractivity contribution in [2.45, 2.75) is 32.1 Å². The Kier molecular flexibility index (Phi) is 5.51. The standard InChI is InChI=1S/C21H22N2O4/c1-3-10-26-16-9-8-13(11-18(16)25-4-2)19-14(12-22)21(23)27-17-7-5-6-15(24)20(17)19/h3,8-9,11,19H,1,4-7,10,23H2,2H3/t19-/m0/s1. The number of ketones is 1. The molecule has 2 N–H and O–H groups in total. The van der Waals surface area contributed by atoms with Crippen molar-refractivity contribution in [2.24, 2.45) is 5.73 Å². The van der Waals surface area contributed by atoms with Crippen molar-refractivity contribution in [3.63, 3.8) is 0 Å². The molecule has 0 bridgehead atoms. The monoisotopic (exact) mass is 366 g/mol. The molecular weight excluding hydrogens is 344 g/mol. The highest BCUT2D eigenvalue weighted by molar-refractivity contribution is 5.99. The lowest BCUT2D eigenvalue weighted by molar-refractivity contribution is -0.116. The highest BCUT2D eigenvalue weighted by atomic mass is 16.5. The van der Waals surface area contributed by atoms with E-state index in [4.69, 9.17) is 19.9 Å². The van der Waals surface area contributed by atoms with E-state index in [-0.39, 0.29) is 17.2 Å². The Morgan fingerprint density at radius 2 is 2.19 bits per heavy atom. The number of carbonyl (C=O) groups is 1. The summed E-state index contributed by atoms with van der Waals surface area (Å²) >= 11 is 0. The maximum Gasteiger partial charge on any atom is 0.205 e. The summed E-state index contributed by atoms with van der Waals surface area (Å²) < 4.78 is 16.9. The van der Waals surface area contributed by atoms with E-state index in [0.717, 1.165) is 12.0 Å². The first-order valence-corrected chi connectivity index (χ1v) is 8.95. The highest BCUT2D eigenvalue weighted by Gasteiger charge is 2.38. The van der Waals surface area contributed by atoms with Crippen LogP contribution in [0.15, 0.2) is 53.6 Å². The molecule has 1 aliphatic heterocycles. The number of nitrogens with zero attached hydrogens (tertiary/aromatic N) is 1. The van der Waals surface area contributed by atoms with Crippen molar-refractivity contribution in [2.75, 3.05) is 13.2 Å². The van der Waals surface area contributed by atoms with Crippen molar-refractivity contribution >= 4 is 5.78 Å². The number of nitriles is 1. The van der Waals surface area contributed by atoms with E-state index in [0.29, 0.717) is 48.9 Å². The zero-order valence-corrected chi connectivity index (χ0v) is 15.3. The van der Waals surface area contributed by atoms with Gasteiger partial charge in [-0.25, -0.2) is 0 Å². The molecule has 0 amide bonds. The molecule has 0 fully saturated rings. The van der Waals surface area contributed by atoms with E-state index < -0.39 is 5.92 Å². The fourth-order valence-electron chi connectivity index (χ4n) is 3.43. The Bertz CT molecular complexity index is 877. The lowest BCUT2D eigenvalue weighted by atomic mass is 9.77. The van der Waals surface area contributed by atoms with Crippen LogP contribution in [0.5, 0.6) is 11.5 Å². The van der Waals surface area contributed by atoms with Crippen LogP contribution in [-0.2, 0) is 9.53 Å². The van der Waals surface area contributed by atoms with E-state index in [2.05, 4.69) is 12.6 Å². The molecule has 0 unspecified atom stereocenters. The number of carbonyl (C=O) groups excluding carboxylic acids is 1. The molecule has 140 valence electrons. The largest absolute Gasteiger partial charge is 0.490 e. The highest BCUT2D eigenvalue weighted by Crippen LogP contribution is 2.45. The second-order valence-corrected chi connectivity index (χ2v) is 6.28. The van der Waals surface area contributed by atoms with Gasteiger partial charge in [0, 0.05) is 18.4 Å². The Morgan fingerprint density at radius 1 is 1.37 bits per heavy atom. The quantitative estimate of drug-likeness (QED) is 0.775. The molecule has 1 heterocycles. The zero-order valence-electron chi connectivity index (χ0n) is 15.3. The summed E-state index contributed by atoms with van der Waals surface area (Å²) in [6, 6.07) is 7.52. The molecule has 0 spiro atoms. The molecule has 2 aliphatic rings. The SMILES string of the molecule is C=CCOc1ccc([C@H]2C(C#N)=C(N)OC3=C2C(=O)CCC3)cc1OCC. The van der Waals surface area contributed by atoms with Gasteiger partial charge in [0.05, 0.1) is 12.5 Å². The summed E-state index contributed by atoms with van der Waals surface area (Å²) in [5.74, 6) is 1.18. The van der Waals surface area contributed by atoms with Crippen molar-refractivity contribution in [3.8, 4) is 17.6 Å². The molecule has 0 aromatic heterocycles. The van der Waals surface area contributed by atoms with Crippen molar-refractivity contribution < 1.29 is 19.0 Å². The predicted octanol–water partition coefficient (Wildman–Crippen LogP) is 3.46. The summed E-state index contributed by atoms with van der Waals surface area (Å²) in [5, 5.41) is 9.64. The number of ether oxygens (including phenoxy) is 3. The van der Waals surface area contributed by atoms with Gasteiger partial charge >= 0.3 is 0 Å². The van der Waals surface area contributed by atoms with Gasteiger partial charge in [-0.1, -0.05) is 18.7 Å². The van der Waals surface area contributed by atoms with Crippen LogP contribution in [0.4, 0.5) is 0 Å². The van der Waals surface area contributed by atoms with Gasteiger partial charge < -0.3 is 19.9 Å². The lowest BCUT2D eigenvalue weighted by Gasteiger charge is -2.31. The third kappa shape index (κ3) is 3.54. The number of benzene rings is 1. The van der Waals surface area contributed by atoms with Crippen LogP contribution in [-0.4, -0.2) is 19.0 Å². The third-order valence-corrected chi connectivity index (χ3v) is 4.56. The van der Waals surface area contributed by atoms with Gasteiger partial charge in [-0.05, 0) is 31.0 Å². The predicted molar refractivity (Wildman–Crippen MR) is 99.8 cm³/mol. The van der Waals surface area contributed by atoms with Crippen molar-refractivity contribution in [1.29, 1.82) is 5.26 Å². The molecule has 0 saturated carbocycles. The minimum atomic E-state index is -0.556. The molecule has 0 saturated heterocycles. The summed E-state index contributed by atoms with van der Waals surface area (Å²) in [7, 11) is 0. The van der Waals surface area contributed by atoms with Gasteiger partial charge in [-0.15, -0.1) is 0 Å². The molecule has 1 aromatic carbocycles. The topological polar surface area (TPSA) is 94.6 Å². The van der Waals surface area contributed by atoms with E-state index in [1.165, 1.54) is 0 Å². The van der Waals surface area contributed by atoms with Crippen molar-refractivity contribution in [3.05, 3.63) is 59.2 Å². The van der Waals surface area contributed by atoms with E-state index in [1.54, 1.807) is 18.2 Å². The zero-order chi connectivity index (χ0) is 19.4. The number of nitrogens with two attached hydrogens (primary N) is 1. The van der Waals surface area contributed by atoms with Crippen molar-refractivity contribution in [1.82, 2.24) is 0 Å². The average Bonchev–Trinajstić information content (AvgIpc) is 2.66. The third-order valence-electron chi connectivity index (χ3n) is 4.56. The fourth-order valence-corrected chi connectivity index (χ4v) is 3.43. The first kappa shape index (κ1) is 18.6. The smallest absolute Gasteiger partial charge is 0.205 e. The molecule has 6 nitrogen and oxygen atoms in total. The molecule has 1 aromatic rings. The number of hydrogen-bond donors (Lipinski definition) is 1.